The standard InChI is InChI=1S/C27H25ClN2O3S/c1-13-11-20-18(12-19(13)28)23(31)21-22(16-7-9-17(10-8-16)27(4,5)6)30(25(32)24(21)33-20)26-29-14(2)15(3)34-26/h7-12,22H,1-6H3. The van der Waals surface area contributed by atoms with E-state index in [1.54, 1.807) is 17.0 Å². The molecule has 2 aromatic heterocycles. The number of hydrogen-bond acceptors (Lipinski definition) is 5. The maximum Gasteiger partial charge on any atom is 0.297 e. The molecule has 1 unspecified atom stereocenters. The Balaban J connectivity index is 1.79. The number of aromatic nitrogens is 1. The van der Waals surface area contributed by atoms with Gasteiger partial charge < -0.3 is 4.42 Å². The molecule has 0 spiro atoms. The van der Waals surface area contributed by atoms with Gasteiger partial charge in [0.2, 0.25) is 5.76 Å². The van der Waals surface area contributed by atoms with Crippen LogP contribution in [0.15, 0.2) is 45.6 Å². The first-order chi connectivity index (χ1) is 16.0. The van der Waals surface area contributed by atoms with E-state index >= 15 is 0 Å². The Hall–Kier alpha value is -2.96. The van der Waals surface area contributed by atoms with Crippen molar-refractivity contribution in [3.63, 3.8) is 0 Å². The Morgan fingerprint density at radius 3 is 2.32 bits per heavy atom. The Morgan fingerprint density at radius 1 is 1.06 bits per heavy atom. The molecule has 0 fully saturated rings. The number of hydrogen-bond donors (Lipinski definition) is 0. The molecule has 1 aliphatic heterocycles. The molecule has 34 heavy (non-hydrogen) atoms. The van der Waals surface area contributed by atoms with Crippen molar-refractivity contribution in [2.45, 2.75) is 53.0 Å². The third kappa shape index (κ3) is 3.48. The van der Waals surface area contributed by atoms with Crippen molar-refractivity contribution in [1.29, 1.82) is 0 Å². The number of rotatable bonds is 2. The van der Waals surface area contributed by atoms with Gasteiger partial charge in [-0.1, -0.05) is 56.6 Å². The minimum atomic E-state index is -0.637. The van der Waals surface area contributed by atoms with E-state index < -0.39 is 6.04 Å². The van der Waals surface area contributed by atoms with Gasteiger partial charge in [-0.05, 0) is 55.0 Å². The van der Waals surface area contributed by atoms with Crippen LogP contribution in [0.4, 0.5) is 5.13 Å². The van der Waals surface area contributed by atoms with Crippen molar-refractivity contribution in [2.75, 3.05) is 4.90 Å². The van der Waals surface area contributed by atoms with Crippen LogP contribution in [0.25, 0.3) is 11.0 Å². The van der Waals surface area contributed by atoms with E-state index in [4.69, 9.17) is 16.0 Å². The zero-order chi connectivity index (χ0) is 24.5. The van der Waals surface area contributed by atoms with Gasteiger partial charge in [-0.2, -0.15) is 0 Å². The van der Waals surface area contributed by atoms with Crippen molar-refractivity contribution < 1.29 is 9.21 Å². The van der Waals surface area contributed by atoms with E-state index in [1.165, 1.54) is 16.9 Å². The van der Waals surface area contributed by atoms with Crippen LogP contribution in [-0.4, -0.2) is 10.9 Å². The van der Waals surface area contributed by atoms with E-state index in [-0.39, 0.29) is 22.5 Å². The quantitative estimate of drug-likeness (QED) is 0.306. The molecule has 0 radical (unpaired) electrons. The van der Waals surface area contributed by atoms with E-state index in [1.807, 2.05) is 32.9 Å². The summed E-state index contributed by atoms with van der Waals surface area (Å²) in [4.78, 5) is 34.7. The van der Waals surface area contributed by atoms with Gasteiger partial charge in [0.25, 0.3) is 5.91 Å². The first-order valence-corrected chi connectivity index (χ1v) is 12.3. The van der Waals surface area contributed by atoms with Crippen molar-refractivity contribution in [2.24, 2.45) is 0 Å². The number of nitrogens with zero attached hydrogens (tertiary/aromatic N) is 2. The summed E-state index contributed by atoms with van der Waals surface area (Å²) in [5, 5.41) is 1.40. The van der Waals surface area contributed by atoms with Crippen LogP contribution in [0.5, 0.6) is 0 Å². The molecule has 0 N–H and O–H groups in total. The molecule has 1 atom stereocenters. The second-order valence-corrected chi connectivity index (χ2v) is 11.4. The molecular weight excluding hydrogens is 468 g/mol. The number of anilines is 1. The van der Waals surface area contributed by atoms with Crippen molar-refractivity contribution in [1.82, 2.24) is 4.98 Å². The normalized spacial score (nSPS) is 15.9. The van der Waals surface area contributed by atoms with Crippen molar-refractivity contribution in [3.8, 4) is 0 Å². The van der Waals surface area contributed by atoms with Crippen LogP contribution in [-0.2, 0) is 5.41 Å². The molecule has 5 rings (SSSR count). The summed E-state index contributed by atoms with van der Waals surface area (Å²) in [6.07, 6.45) is 0. The van der Waals surface area contributed by atoms with Gasteiger partial charge in [0.1, 0.15) is 5.58 Å². The molecule has 0 saturated heterocycles. The van der Waals surface area contributed by atoms with Gasteiger partial charge in [0.05, 0.1) is 22.7 Å². The molecule has 7 heteroatoms. The first-order valence-electron chi connectivity index (χ1n) is 11.1. The fourth-order valence-electron chi connectivity index (χ4n) is 4.33. The van der Waals surface area contributed by atoms with E-state index in [0.717, 1.165) is 21.7 Å². The lowest BCUT2D eigenvalue weighted by Crippen LogP contribution is -2.29. The molecule has 1 aliphatic rings. The maximum atomic E-state index is 13.8. The highest BCUT2D eigenvalue weighted by molar-refractivity contribution is 7.15. The zero-order valence-electron chi connectivity index (χ0n) is 19.9. The minimum absolute atomic E-state index is 0.0189. The third-order valence-corrected chi connectivity index (χ3v) is 7.95. The van der Waals surface area contributed by atoms with Crippen molar-refractivity contribution >= 4 is 44.9 Å². The second kappa shape index (κ2) is 7.79. The summed E-state index contributed by atoms with van der Waals surface area (Å²) < 4.78 is 6.08. The summed E-state index contributed by atoms with van der Waals surface area (Å²) in [5.41, 5.74) is 4.05. The number of benzene rings is 2. The predicted octanol–water partition coefficient (Wildman–Crippen LogP) is 6.88. The van der Waals surface area contributed by atoms with Crippen LogP contribution in [0, 0.1) is 20.8 Å². The molecule has 2 aromatic carbocycles. The van der Waals surface area contributed by atoms with Crippen LogP contribution < -0.4 is 10.3 Å². The topological polar surface area (TPSA) is 63.4 Å². The molecule has 0 bridgehead atoms. The fraction of sp³-hybridized carbons (Fsp3) is 0.296. The van der Waals surface area contributed by atoms with E-state index in [2.05, 4.69) is 37.9 Å². The van der Waals surface area contributed by atoms with Crippen LogP contribution in [0.2, 0.25) is 5.02 Å². The van der Waals surface area contributed by atoms with Crippen LogP contribution in [0.3, 0.4) is 0 Å². The van der Waals surface area contributed by atoms with Gasteiger partial charge in [0.15, 0.2) is 10.6 Å². The minimum Gasteiger partial charge on any atom is -0.450 e. The monoisotopic (exact) mass is 492 g/mol. The lowest BCUT2D eigenvalue weighted by atomic mass is 9.86. The number of halogens is 1. The largest absolute Gasteiger partial charge is 0.450 e. The molecule has 5 nitrogen and oxygen atoms in total. The number of amides is 1. The van der Waals surface area contributed by atoms with E-state index in [9.17, 15) is 9.59 Å². The maximum absolute atomic E-state index is 13.8. The summed E-state index contributed by atoms with van der Waals surface area (Å²) in [5.74, 6) is -0.296. The average Bonchev–Trinajstić information content (AvgIpc) is 3.25. The Morgan fingerprint density at radius 2 is 1.74 bits per heavy atom. The summed E-state index contributed by atoms with van der Waals surface area (Å²) in [7, 11) is 0. The third-order valence-electron chi connectivity index (χ3n) is 6.47. The lowest BCUT2D eigenvalue weighted by Gasteiger charge is -2.24. The van der Waals surface area contributed by atoms with Gasteiger partial charge in [-0.3, -0.25) is 14.5 Å². The smallest absolute Gasteiger partial charge is 0.297 e. The summed E-state index contributed by atoms with van der Waals surface area (Å²) >= 11 is 7.77. The van der Waals surface area contributed by atoms with Crippen LogP contribution >= 0.6 is 22.9 Å². The number of carbonyl (C=O) groups excluding carboxylic acids is 1. The SMILES string of the molecule is Cc1cc2oc3c(c(=O)c2cc1Cl)C(c1ccc(C(C)(C)C)cc1)N(c1nc(C)c(C)s1)C3=O. The second-order valence-electron chi connectivity index (χ2n) is 9.86. The average molecular weight is 493 g/mol. The van der Waals surface area contributed by atoms with Gasteiger partial charge in [-0.15, -0.1) is 11.3 Å². The Bertz CT molecular complexity index is 1510. The molecule has 174 valence electrons. The number of aryl methyl sites for hydroxylation is 3. The number of thiazole rings is 1. The van der Waals surface area contributed by atoms with Gasteiger partial charge in [-0.25, -0.2) is 4.98 Å². The molecule has 4 aromatic rings. The first kappa shape index (κ1) is 22.8. The number of fused-ring (bicyclic) bond motifs is 2. The summed E-state index contributed by atoms with van der Waals surface area (Å²) in [6.45, 7) is 12.2. The Labute approximate surface area is 207 Å². The highest BCUT2D eigenvalue weighted by Gasteiger charge is 2.45. The highest BCUT2D eigenvalue weighted by Crippen LogP contribution is 2.43. The van der Waals surface area contributed by atoms with Crippen molar-refractivity contribution in [3.05, 3.63) is 90.2 Å². The Kier molecular flexibility index (Phi) is 5.22. The van der Waals surface area contributed by atoms with Gasteiger partial charge in [0, 0.05) is 9.90 Å². The lowest BCUT2D eigenvalue weighted by molar-refractivity contribution is 0.0971. The van der Waals surface area contributed by atoms with Gasteiger partial charge >= 0.3 is 0 Å². The van der Waals surface area contributed by atoms with E-state index in [0.29, 0.717) is 26.7 Å². The molecule has 1 amide bonds. The van der Waals surface area contributed by atoms with Crippen LogP contribution in [0.1, 0.15) is 70.2 Å². The highest BCUT2D eigenvalue weighted by atomic mass is 35.5. The number of carbonyl (C=O) groups is 1. The predicted molar refractivity (Wildman–Crippen MR) is 138 cm³/mol. The summed E-state index contributed by atoms with van der Waals surface area (Å²) in [6, 6.07) is 10.8. The molecular formula is C27H25ClN2O3S. The fourth-order valence-corrected chi connectivity index (χ4v) is 5.43. The molecule has 0 saturated carbocycles. The zero-order valence-corrected chi connectivity index (χ0v) is 21.5. The molecule has 3 heterocycles. The molecule has 0 aliphatic carbocycles.